The molecule has 76 valence electrons. The van der Waals surface area contributed by atoms with E-state index in [0.29, 0.717) is 18.3 Å². The van der Waals surface area contributed by atoms with E-state index in [-0.39, 0.29) is 5.91 Å². The molecule has 1 aliphatic heterocycles. The van der Waals surface area contributed by atoms with Gasteiger partial charge in [-0.05, 0) is 31.3 Å². The first-order chi connectivity index (χ1) is 6.24. The molecule has 0 saturated carbocycles. The first-order valence-electron chi connectivity index (χ1n) is 5.21. The zero-order chi connectivity index (χ0) is 9.68. The first-order valence-corrected chi connectivity index (χ1v) is 5.21. The maximum absolute atomic E-state index is 11.0. The van der Waals surface area contributed by atoms with Gasteiger partial charge in [0.25, 0.3) is 0 Å². The van der Waals surface area contributed by atoms with Gasteiger partial charge in [-0.25, -0.2) is 0 Å². The quantitative estimate of drug-likeness (QED) is 0.680. The number of nitrogens with one attached hydrogen (secondary N) is 2. The Kier molecular flexibility index (Phi) is 4.22. The average molecular weight is 184 g/mol. The van der Waals surface area contributed by atoms with Gasteiger partial charge in [0.15, 0.2) is 0 Å². The highest BCUT2D eigenvalue weighted by Gasteiger charge is 2.20. The summed E-state index contributed by atoms with van der Waals surface area (Å²) >= 11 is 0. The third-order valence-electron chi connectivity index (χ3n) is 2.85. The molecule has 0 aromatic rings. The molecule has 0 radical (unpaired) electrons. The van der Waals surface area contributed by atoms with Gasteiger partial charge in [-0.15, -0.1) is 0 Å². The maximum Gasteiger partial charge on any atom is 0.219 e. The minimum atomic E-state index is 0.172. The molecule has 0 aromatic heterocycles. The highest BCUT2D eigenvalue weighted by Crippen LogP contribution is 2.17. The van der Waals surface area contributed by atoms with Crippen molar-refractivity contribution in [1.29, 1.82) is 0 Å². The molecule has 2 N–H and O–H groups in total. The second kappa shape index (κ2) is 5.22. The standard InChI is InChI=1S/C10H20N2O/c1-3-10(13)12-7-9-4-5-11-6-8(9)2/h8-9,11H,3-7H2,1-2H3,(H,12,13). The normalized spacial score (nSPS) is 28.5. The van der Waals surface area contributed by atoms with Crippen LogP contribution in [-0.4, -0.2) is 25.5 Å². The molecular formula is C10H20N2O. The number of carbonyl (C=O) groups excluding carboxylic acids is 1. The lowest BCUT2D eigenvalue weighted by molar-refractivity contribution is -0.121. The van der Waals surface area contributed by atoms with Gasteiger partial charge in [-0.1, -0.05) is 13.8 Å². The van der Waals surface area contributed by atoms with Crippen molar-refractivity contribution in [3.8, 4) is 0 Å². The monoisotopic (exact) mass is 184 g/mol. The summed E-state index contributed by atoms with van der Waals surface area (Å²) in [6.07, 6.45) is 1.78. The minimum absolute atomic E-state index is 0.172. The van der Waals surface area contributed by atoms with Crippen molar-refractivity contribution in [3.05, 3.63) is 0 Å². The van der Waals surface area contributed by atoms with Gasteiger partial charge in [0.1, 0.15) is 0 Å². The molecule has 0 spiro atoms. The molecular weight excluding hydrogens is 164 g/mol. The van der Waals surface area contributed by atoms with Crippen molar-refractivity contribution in [2.24, 2.45) is 11.8 Å². The van der Waals surface area contributed by atoms with Gasteiger partial charge in [-0.2, -0.15) is 0 Å². The van der Waals surface area contributed by atoms with Crippen molar-refractivity contribution in [3.63, 3.8) is 0 Å². The summed E-state index contributed by atoms with van der Waals surface area (Å²) in [6, 6.07) is 0. The van der Waals surface area contributed by atoms with E-state index in [1.807, 2.05) is 6.92 Å². The van der Waals surface area contributed by atoms with E-state index in [2.05, 4.69) is 17.6 Å². The Hall–Kier alpha value is -0.570. The molecule has 3 heteroatoms. The molecule has 1 saturated heterocycles. The van der Waals surface area contributed by atoms with Crippen LogP contribution in [0.4, 0.5) is 0 Å². The zero-order valence-electron chi connectivity index (χ0n) is 8.60. The highest BCUT2D eigenvalue weighted by molar-refractivity contribution is 5.75. The van der Waals surface area contributed by atoms with Gasteiger partial charge in [0, 0.05) is 13.0 Å². The van der Waals surface area contributed by atoms with Crippen LogP contribution in [0.1, 0.15) is 26.7 Å². The van der Waals surface area contributed by atoms with E-state index in [9.17, 15) is 4.79 Å². The fourth-order valence-electron chi connectivity index (χ4n) is 1.74. The Labute approximate surface area is 80.3 Å². The topological polar surface area (TPSA) is 41.1 Å². The number of amides is 1. The Morgan fingerprint density at radius 1 is 1.62 bits per heavy atom. The number of hydrogen-bond acceptors (Lipinski definition) is 2. The van der Waals surface area contributed by atoms with E-state index in [4.69, 9.17) is 0 Å². The van der Waals surface area contributed by atoms with Gasteiger partial charge >= 0.3 is 0 Å². The van der Waals surface area contributed by atoms with Crippen molar-refractivity contribution in [2.45, 2.75) is 26.7 Å². The predicted molar refractivity (Wildman–Crippen MR) is 53.4 cm³/mol. The number of piperidine rings is 1. The summed E-state index contributed by atoms with van der Waals surface area (Å²) in [5.41, 5.74) is 0. The molecule has 2 unspecified atom stereocenters. The van der Waals surface area contributed by atoms with Gasteiger partial charge in [0.05, 0.1) is 0 Å². The molecule has 1 amide bonds. The van der Waals surface area contributed by atoms with Crippen LogP contribution in [0.3, 0.4) is 0 Å². The Bertz CT molecular complexity index is 170. The number of hydrogen-bond donors (Lipinski definition) is 2. The van der Waals surface area contributed by atoms with Crippen LogP contribution >= 0.6 is 0 Å². The van der Waals surface area contributed by atoms with Crippen LogP contribution in [0.15, 0.2) is 0 Å². The summed E-state index contributed by atoms with van der Waals surface area (Å²) < 4.78 is 0. The van der Waals surface area contributed by atoms with Crippen LogP contribution in [0, 0.1) is 11.8 Å². The molecule has 1 rings (SSSR count). The first kappa shape index (κ1) is 10.5. The fourth-order valence-corrected chi connectivity index (χ4v) is 1.74. The lowest BCUT2D eigenvalue weighted by Gasteiger charge is -2.29. The summed E-state index contributed by atoms with van der Waals surface area (Å²) in [7, 11) is 0. The zero-order valence-corrected chi connectivity index (χ0v) is 8.60. The number of carbonyl (C=O) groups is 1. The predicted octanol–water partition coefficient (Wildman–Crippen LogP) is 0.758. The summed E-state index contributed by atoms with van der Waals surface area (Å²) in [4.78, 5) is 11.0. The van der Waals surface area contributed by atoms with Crippen LogP contribution in [0.5, 0.6) is 0 Å². The minimum Gasteiger partial charge on any atom is -0.356 e. The maximum atomic E-state index is 11.0. The van der Waals surface area contributed by atoms with E-state index in [0.717, 1.165) is 19.6 Å². The Balaban J connectivity index is 2.22. The third kappa shape index (κ3) is 3.35. The molecule has 2 atom stereocenters. The second-order valence-electron chi connectivity index (χ2n) is 3.89. The van der Waals surface area contributed by atoms with Crippen molar-refractivity contribution < 1.29 is 4.79 Å². The fraction of sp³-hybridized carbons (Fsp3) is 0.900. The molecule has 1 aliphatic rings. The van der Waals surface area contributed by atoms with Crippen LogP contribution < -0.4 is 10.6 Å². The lowest BCUT2D eigenvalue weighted by atomic mass is 9.88. The number of rotatable bonds is 3. The molecule has 1 heterocycles. The van der Waals surface area contributed by atoms with Crippen molar-refractivity contribution >= 4 is 5.91 Å². The highest BCUT2D eigenvalue weighted by atomic mass is 16.1. The molecule has 0 bridgehead atoms. The van der Waals surface area contributed by atoms with Crippen LogP contribution in [0.25, 0.3) is 0 Å². The van der Waals surface area contributed by atoms with Crippen molar-refractivity contribution in [2.75, 3.05) is 19.6 Å². The van der Waals surface area contributed by atoms with Gasteiger partial charge in [0.2, 0.25) is 5.91 Å². The smallest absolute Gasteiger partial charge is 0.219 e. The Morgan fingerprint density at radius 3 is 3.00 bits per heavy atom. The summed E-state index contributed by atoms with van der Waals surface area (Å²) in [5.74, 6) is 1.52. The van der Waals surface area contributed by atoms with E-state index < -0.39 is 0 Å². The van der Waals surface area contributed by atoms with Gasteiger partial charge < -0.3 is 10.6 Å². The van der Waals surface area contributed by atoms with Gasteiger partial charge in [-0.3, -0.25) is 4.79 Å². The largest absolute Gasteiger partial charge is 0.356 e. The molecule has 0 aromatic carbocycles. The lowest BCUT2D eigenvalue weighted by Crippen LogP contribution is -2.41. The molecule has 13 heavy (non-hydrogen) atoms. The second-order valence-corrected chi connectivity index (χ2v) is 3.89. The summed E-state index contributed by atoms with van der Waals surface area (Å²) in [5, 5.41) is 6.32. The van der Waals surface area contributed by atoms with E-state index in [1.54, 1.807) is 0 Å². The SMILES string of the molecule is CCC(=O)NCC1CCNCC1C. The third-order valence-corrected chi connectivity index (χ3v) is 2.85. The van der Waals surface area contributed by atoms with Crippen molar-refractivity contribution in [1.82, 2.24) is 10.6 Å². The average Bonchev–Trinajstić information content (AvgIpc) is 2.16. The molecule has 0 aliphatic carbocycles. The Morgan fingerprint density at radius 2 is 2.38 bits per heavy atom. The van der Waals surface area contributed by atoms with E-state index in [1.165, 1.54) is 6.42 Å². The summed E-state index contributed by atoms with van der Waals surface area (Å²) in [6.45, 7) is 7.18. The molecule has 1 fully saturated rings. The van der Waals surface area contributed by atoms with E-state index >= 15 is 0 Å². The van der Waals surface area contributed by atoms with Crippen LogP contribution in [0.2, 0.25) is 0 Å². The van der Waals surface area contributed by atoms with Crippen LogP contribution in [-0.2, 0) is 4.79 Å². The molecule has 3 nitrogen and oxygen atoms in total.